The lowest BCUT2D eigenvalue weighted by Crippen LogP contribution is -2.53. The van der Waals surface area contributed by atoms with E-state index in [1.165, 1.54) is 5.56 Å². The van der Waals surface area contributed by atoms with Gasteiger partial charge in [0.2, 0.25) is 11.8 Å². The summed E-state index contributed by atoms with van der Waals surface area (Å²) in [6, 6.07) is 8.03. The van der Waals surface area contributed by atoms with Gasteiger partial charge in [0.1, 0.15) is 6.04 Å². The standard InChI is InChI=1S/C14H16N2O2/c17-13-8-7-12(14(18)15-13)16-9-3-5-10-4-1-2-6-11(10)16/h1-2,4,6,12H,3,5,7-9H2,(H,15,17,18)/t12-/m0/s1. The summed E-state index contributed by atoms with van der Waals surface area (Å²) in [5.74, 6) is -0.301. The molecular weight excluding hydrogens is 228 g/mol. The van der Waals surface area contributed by atoms with Gasteiger partial charge in [0.25, 0.3) is 0 Å². The zero-order valence-electron chi connectivity index (χ0n) is 10.2. The summed E-state index contributed by atoms with van der Waals surface area (Å²) in [4.78, 5) is 25.3. The molecule has 2 aliphatic heterocycles. The van der Waals surface area contributed by atoms with E-state index in [0.29, 0.717) is 12.8 Å². The summed E-state index contributed by atoms with van der Waals surface area (Å²) in [7, 11) is 0. The van der Waals surface area contributed by atoms with Crippen LogP contribution in [0.2, 0.25) is 0 Å². The second-order valence-corrected chi connectivity index (χ2v) is 4.89. The molecule has 1 aromatic rings. The molecule has 3 rings (SSSR count). The van der Waals surface area contributed by atoms with Crippen LogP contribution in [0.25, 0.3) is 0 Å². The van der Waals surface area contributed by atoms with Gasteiger partial charge in [0.05, 0.1) is 0 Å². The quantitative estimate of drug-likeness (QED) is 0.756. The lowest BCUT2D eigenvalue weighted by molar-refractivity contribution is -0.134. The van der Waals surface area contributed by atoms with Crippen molar-refractivity contribution in [2.75, 3.05) is 11.4 Å². The fourth-order valence-corrected chi connectivity index (χ4v) is 2.87. The van der Waals surface area contributed by atoms with Crippen LogP contribution in [0.1, 0.15) is 24.8 Å². The Hall–Kier alpha value is -1.84. The molecule has 4 nitrogen and oxygen atoms in total. The van der Waals surface area contributed by atoms with Gasteiger partial charge in [0, 0.05) is 18.7 Å². The van der Waals surface area contributed by atoms with Gasteiger partial charge in [-0.3, -0.25) is 14.9 Å². The number of carbonyl (C=O) groups is 2. The number of benzene rings is 1. The van der Waals surface area contributed by atoms with E-state index >= 15 is 0 Å². The summed E-state index contributed by atoms with van der Waals surface area (Å²) < 4.78 is 0. The highest BCUT2D eigenvalue weighted by molar-refractivity contribution is 6.01. The largest absolute Gasteiger partial charge is 0.359 e. The Kier molecular flexibility index (Phi) is 2.78. The molecule has 1 fully saturated rings. The van der Waals surface area contributed by atoms with Gasteiger partial charge in [-0.2, -0.15) is 0 Å². The van der Waals surface area contributed by atoms with Gasteiger partial charge in [-0.05, 0) is 30.9 Å². The third-order valence-corrected chi connectivity index (χ3v) is 3.73. The van der Waals surface area contributed by atoms with Crippen LogP contribution in [-0.4, -0.2) is 24.4 Å². The lowest BCUT2D eigenvalue weighted by atomic mass is 9.96. The summed E-state index contributed by atoms with van der Waals surface area (Å²) in [5.41, 5.74) is 2.45. The molecule has 1 N–H and O–H groups in total. The minimum atomic E-state index is -0.191. The second kappa shape index (κ2) is 4.44. The van der Waals surface area contributed by atoms with Crippen molar-refractivity contribution >= 4 is 17.5 Å². The van der Waals surface area contributed by atoms with E-state index in [-0.39, 0.29) is 17.9 Å². The van der Waals surface area contributed by atoms with Crippen LogP contribution in [0.3, 0.4) is 0 Å². The fourth-order valence-electron chi connectivity index (χ4n) is 2.87. The first-order valence-electron chi connectivity index (χ1n) is 6.44. The highest BCUT2D eigenvalue weighted by Crippen LogP contribution is 2.30. The van der Waals surface area contributed by atoms with E-state index in [0.717, 1.165) is 25.1 Å². The molecule has 1 aromatic carbocycles. The van der Waals surface area contributed by atoms with Gasteiger partial charge in [-0.25, -0.2) is 0 Å². The molecule has 2 aliphatic rings. The number of amides is 2. The molecule has 1 atom stereocenters. The average Bonchev–Trinajstić information content (AvgIpc) is 2.38. The van der Waals surface area contributed by atoms with Crippen molar-refractivity contribution < 1.29 is 9.59 Å². The molecule has 0 aromatic heterocycles. The Bertz CT molecular complexity index is 498. The molecule has 4 heteroatoms. The van der Waals surface area contributed by atoms with E-state index in [1.54, 1.807) is 0 Å². The number of imide groups is 1. The number of nitrogens with zero attached hydrogens (tertiary/aromatic N) is 1. The van der Waals surface area contributed by atoms with Crippen molar-refractivity contribution in [3.63, 3.8) is 0 Å². The smallest absolute Gasteiger partial charge is 0.249 e. The lowest BCUT2D eigenvalue weighted by Gasteiger charge is -2.38. The average molecular weight is 244 g/mol. The van der Waals surface area contributed by atoms with Gasteiger partial charge in [0.15, 0.2) is 0 Å². The van der Waals surface area contributed by atoms with E-state index < -0.39 is 0 Å². The Morgan fingerprint density at radius 1 is 1.17 bits per heavy atom. The number of piperidine rings is 1. The molecule has 94 valence electrons. The molecule has 18 heavy (non-hydrogen) atoms. The number of rotatable bonds is 1. The number of hydrogen-bond donors (Lipinski definition) is 1. The van der Waals surface area contributed by atoms with Gasteiger partial charge in [-0.15, -0.1) is 0 Å². The fraction of sp³-hybridized carbons (Fsp3) is 0.429. The van der Waals surface area contributed by atoms with Crippen LogP contribution in [0.5, 0.6) is 0 Å². The van der Waals surface area contributed by atoms with Crippen LogP contribution in [-0.2, 0) is 16.0 Å². The van der Waals surface area contributed by atoms with Crippen LogP contribution in [0, 0.1) is 0 Å². The topological polar surface area (TPSA) is 49.4 Å². The number of anilines is 1. The van der Waals surface area contributed by atoms with E-state index in [2.05, 4.69) is 22.3 Å². The molecule has 0 unspecified atom stereocenters. The van der Waals surface area contributed by atoms with Crippen LogP contribution in [0.4, 0.5) is 5.69 Å². The van der Waals surface area contributed by atoms with E-state index in [1.807, 2.05) is 12.1 Å². The molecular formula is C14H16N2O2. The first-order valence-corrected chi connectivity index (χ1v) is 6.44. The Labute approximate surface area is 106 Å². The molecule has 0 aliphatic carbocycles. The minimum Gasteiger partial charge on any atom is -0.359 e. The summed E-state index contributed by atoms with van der Waals surface area (Å²) >= 11 is 0. The van der Waals surface area contributed by atoms with Crippen LogP contribution in [0.15, 0.2) is 24.3 Å². The Balaban J connectivity index is 1.89. The summed E-state index contributed by atoms with van der Waals surface area (Å²) in [6.07, 6.45) is 3.20. The van der Waals surface area contributed by atoms with Crippen molar-refractivity contribution in [1.29, 1.82) is 0 Å². The summed E-state index contributed by atoms with van der Waals surface area (Å²) in [6.45, 7) is 0.892. The predicted octanol–water partition coefficient (Wildman–Crippen LogP) is 1.24. The number of para-hydroxylation sites is 1. The first kappa shape index (κ1) is 11.3. The number of carbonyl (C=O) groups excluding carboxylic acids is 2. The Morgan fingerprint density at radius 3 is 2.83 bits per heavy atom. The normalized spacial score (nSPS) is 23.6. The second-order valence-electron chi connectivity index (χ2n) is 4.89. The number of hydrogen-bond acceptors (Lipinski definition) is 3. The third-order valence-electron chi connectivity index (χ3n) is 3.73. The van der Waals surface area contributed by atoms with Crippen molar-refractivity contribution in [2.24, 2.45) is 0 Å². The van der Waals surface area contributed by atoms with Crippen molar-refractivity contribution in [2.45, 2.75) is 31.7 Å². The number of nitrogens with one attached hydrogen (secondary N) is 1. The van der Waals surface area contributed by atoms with E-state index in [4.69, 9.17) is 0 Å². The molecule has 0 spiro atoms. The minimum absolute atomic E-state index is 0.150. The molecule has 0 saturated carbocycles. The van der Waals surface area contributed by atoms with Crippen molar-refractivity contribution in [3.05, 3.63) is 29.8 Å². The van der Waals surface area contributed by atoms with Crippen molar-refractivity contribution in [1.82, 2.24) is 5.32 Å². The Morgan fingerprint density at radius 2 is 2.00 bits per heavy atom. The maximum atomic E-state index is 11.9. The highest BCUT2D eigenvalue weighted by atomic mass is 16.2. The molecule has 2 heterocycles. The first-order chi connectivity index (χ1) is 8.75. The van der Waals surface area contributed by atoms with Crippen LogP contribution < -0.4 is 10.2 Å². The maximum absolute atomic E-state index is 11.9. The zero-order chi connectivity index (χ0) is 12.5. The molecule has 0 bridgehead atoms. The molecule has 0 radical (unpaired) electrons. The zero-order valence-corrected chi connectivity index (χ0v) is 10.2. The predicted molar refractivity (Wildman–Crippen MR) is 68.3 cm³/mol. The monoisotopic (exact) mass is 244 g/mol. The molecule has 2 amide bonds. The maximum Gasteiger partial charge on any atom is 0.249 e. The number of fused-ring (bicyclic) bond motifs is 1. The van der Waals surface area contributed by atoms with Gasteiger partial charge in [-0.1, -0.05) is 18.2 Å². The third kappa shape index (κ3) is 1.88. The van der Waals surface area contributed by atoms with Gasteiger partial charge < -0.3 is 4.90 Å². The van der Waals surface area contributed by atoms with E-state index in [9.17, 15) is 9.59 Å². The van der Waals surface area contributed by atoms with Gasteiger partial charge >= 0.3 is 0 Å². The highest BCUT2D eigenvalue weighted by Gasteiger charge is 2.33. The molecule has 1 saturated heterocycles. The number of aryl methyl sites for hydroxylation is 1. The summed E-state index contributed by atoms with van der Waals surface area (Å²) in [5, 5.41) is 2.44. The SMILES string of the molecule is O=C1CC[C@H](N2CCCc3ccccc32)C(=O)N1. The van der Waals surface area contributed by atoms with Crippen molar-refractivity contribution in [3.8, 4) is 0 Å². The van der Waals surface area contributed by atoms with Crippen LogP contribution >= 0.6 is 0 Å².